The second kappa shape index (κ2) is 4.97. The van der Waals surface area contributed by atoms with Crippen LogP contribution in [0.2, 0.25) is 0 Å². The normalized spacial score (nSPS) is 20.0. The largest absolute Gasteiger partial charge is 0.396 e. The summed E-state index contributed by atoms with van der Waals surface area (Å²) < 4.78 is 49.3. The maximum Gasteiger partial charge on any atom is 0.235 e. The number of rotatable bonds is 3. The van der Waals surface area contributed by atoms with Crippen LogP contribution in [0.4, 0.5) is 11.4 Å². The third-order valence-electron chi connectivity index (χ3n) is 3.04. The molecule has 0 spiro atoms. The number of hydrogen-bond acceptors (Lipinski definition) is 6. The number of nitrogens with two attached hydrogens (primary N) is 1. The minimum atomic E-state index is -3.63. The lowest BCUT2D eigenvalue weighted by molar-refractivity contribution is 0.555. The van der Waals surface area contributed by atoms with Crippen molar-refractivity contribution in [3.05, 3.63) is 18.5 Å². The topological polar surface area (TPSA) is 119 Å². The molecule has 0 amide bonds. The van der Waals surface area contributed by atoms with Crippen LogP contribution in [0.5, 0.6) is 0 Å². The third kappa shape index (κ3) is 3.35. The Morgan fingerprint density at radius 3 is 2.53 bits per heavy atom. The van der Waals surface area contributed by atoms with Crippen molar-refractivity contribution in [2.24, 2.45) is 0 Å². The van der Waals surface area contributed by atoms with E-state index < -0.39 is 25.1 Å². The highest BCUT2D eigenvalue weighted by atomic mass is 32.2. The molecule has 0 radical (unpaired) electrons. The Bertz CT molecular complexity index is 656. The first-order valence-electron chi connectivity index (χ1n) is 5.72. The summed E-state index contributed by atoms with van der Waals surface area (Å²) in [5.41, 5.74) is 6.11. The Morgan fingerprint density at radius 1 is 1.32 bits per heavy atom. The summed E-state index contributed by atoms with van der Waals surface area (Å²) in [6, 6.07) is 1.46. The van der Waals surface area contributed by atoms with E-state index >= 15 is 0 Å². The fourth-order valence-electron chi connectivity index (χ4n) is 1.91. The second-order valence-electron chi connectivity index (χ2n) is 4.46. The number of aromatic nitrogens is 1. The van der Waals surface area contributed by atoms with Gasteiger partial charge in [-0.15, -0.1) is 0 Å². The van der Waals surface area contributed by atoms with Crippen molar-refractivity contribution in [1.82, 2.24) is 4.98 Å². The highest BCUT2D eigenvalue weighted by molar-refractivity contribution is 7.94. The molecule has 0 bridgehead atoms. The van der Waals surface area contributed by atoms with E-state index in [-0.39, 0.29) is 35.7 Å². The Labute approximate surface area is 112 Å². The maximum absolute atomic E-state index is 12.1. The zero-order valence-electron chi connectivity index (χ0n) is 10.1. The van der Waals surface area contributed by atoms with Gasteiger partial charge < -0.3 is 5.73 Å². The summed E-state index contributed by atoms with van der Waals surface area (Å²) in [5, 5.41) is -0.705. The van der Waals surface area contributed by atoms with Gasteiger partial charge in [0.05, 0.1) is 34.3 Å². The van der Waals surface area contributed by atoms with Gasteiger partial charge >= 0.3 is 0 Å². The molecule has 1 saturated heterocycles. The number of sulfonamides is 1. The summed E-state index contributed by atoms with van der Waals surface area (Å²) in [4.78, 5) is 3.77. The molecule has 9 heteroatoms. The monoisotopic (exact) mass is 305 g/mol. The van der Waals surface area contributed by atoms with Gasteiger partial charge in [-0.05, 0) is 18.9 Å². The van der Waals surface area contributed by atoms with Crippen LogP contribution in [-0.4, -0.2) is 38.6 Å². The number of nitrogens with zero attached hydrogens (tertiary/aromatic N) is 1. The summed E-state index contributed by atoms with van der Waals surface area (Å²) in [5.74, 6) is -0.186. The number of anilines is 2. The maximum atomic E-state index is 12.1. The second-order valence-corrected chi connectivity index (χ2v) is 8.73. The average molecular weight is 305 g/mol. The van der Waals surface area contributed by atoms with Crippen molar-refractivity contribution >= 4 is 31.2 Å². The lowest BCUT2D eigenvalue weighted by Crippen LogP contribution is -2.36. The number of sulfone groups is 1. The molecular weight excluding hydrogens is 290 g/mol. The molecular formula is C10H15N3O4S2. The fraction of sp³-hybridized carbons (Fsp3) is 0.500. The molecule has 1 aliphatic heterocycles. The van der Waals surface area contributed by atoms with Crippen molar-refractivity contribution in [3.8, 4) is 0 Å². The van der Waals surface area contributed by atoms with E-state index in [4.69, 9.17) is 5.73 Å². The van der Waals surface area contributed by atoms with Gasteiger partial charge in [0.1, 0.15) is 9.84 Å². The van der Waals surface area contributed by atoms with E-state index in [1.54, 1.807) is 0 Å². The fourth-order valence-corrected chi connectivity index (χ4v) is 5.22. The van der Waals surface area contributed by atoms with E-state index in [1.165, 1.54) is 18.5 Å². The van der Waals surface area contributed by atoms with Gasteiger partial charge in [0.2, 0.25) is 10.0 Å². The molecule has 3 N–H and O–H groups in total. The van der Waals surface area contributed by atoms with Crippen molar-refractivity contribution in [1.29, 1.82) is 0 Å². The van der Waals surface area contributed by atoms with Crippen LogP contribution in [0.25, 0.3) is 0 Å². The Hall–Kier alpha value is -1.35. The molecule has 1 aromatic rings. The smallest absolute Gasteiger partial charge is 0.235 e. The summed E-state index contributed by atoms with van der Waals surface area (Å²) >= 11 is 0. The lowest BCUT2D eigenvalue weighted by Gasteiger charge is -2.22. The molecule has 0 atom stereocenters. The molecule has 1 aliphatic rings. The first-order valence-corrected chi connectivity index (χ1v) is 9.08. The van der Waals surface area contributed by atoms with Crippen molar-refractivity contribution in [2.45, 2.75) is 18.1 Å². The SMILES string of the molecule is Nc1cnccc1NS(=O)(=O)C1CCS(=O)(=O)CC1. The van der Waals surface area contributed by atoms with Gasteiger partial charge in [0, 0.05) is 6.20 Å². The third-order valence-corrected chi connectivity index (χ3v) is 6.61. The molecule has 0 saturated carbocycles. The Morgan fingerprint density at radius 2 is 1.95 bits per heavy atom. The first-order chi connectivity index (χ1) is 8.80. The van der Waals surface area contributed by atoms with Crippen LogP contribution in [0.15, 0.2) is 18.5 Å². The molecule has 1 fully saturated rings. The predicted molar refractivity (Wildman–Crippen MR) is 72.9 cm³/mol. The van der Waals surface area contributed by atoms with E-state index in [0.29, 0.717) is 0 Å². The molecule has 1 aromatic heterocycles. The van der Waals surface area contributed by atoms with E-state index in [2.05, 4.69) is 9.71 Å². The first kappa shape index (κ1) is 14.1. The standard InChI is InChI=1S/C10H15N3O4S2/c11-9-7-12-4-1-10(9)13-19(16,17)8-2-5-18(14,15)6-3-8/h1,4,7-8H,2-3,5-6,11H2,(H,12,13). The minimum absolute atomic E-state index is 0.0929. The van der Waals surface area contributed by atoms with Gasteiger partial charge in [-0.3, -0.25) is 9.71 Å². The summed E-state index contributed by atoms with van der Waals surface area (Å²) in [6.07, 6.45) is 3.01. The molecule has 2 rings (SSSR count). The quantitative estimate of drug-likeness (QED) is 0.810. The number of nitrogen functional groups attached to an aromatic ring is 1. The summed E-state index contributed by atoms with van der Waals surface area (Å²) in [6.45, 7) is 0. The van der Waals surface area contributed by atoms with Gasteiger partial charge in [0.15, 0.2) is 0 Å². The number of hydrogen-bond donors (Lipinski definition) is 2. The predicted octanol–water partition coefficient (Wildman–Crippen LogP) is -0.0173. The van der Waals surface area contributed by atoms with Crippen molar-refractivity contribution in [3.63, 3.8) is 0 Å². The van der Waals surface area contributed by atoms with Crippen LogP contribution in [0.3, 0.4) is 0 Å². The highest BCUT2D eigenvalue weighted by Gasteiger charge is 2.32. The minimum Gasteiger partial charge on any atom is -0.396 e. The van der Waals surface area contributed by atoms with Crippen LogP contribution >= 0.6 is 0 Å². The lowest BCUT2D eigenvalue weighted by atomic mass is 10.2. The number of pyridine rings is 1. The zero-order chi connectivity index (χ0) is 14.1. The average Bonchev–Trinajstić information content (AvgIpc) is 2.31. The zero-order valence-corrected chi connectivity index (χ0v) is 11.7. The van der Waals surface area contributed by atoms with Crippen molar-refractivity contribution < 1.29 is 16.8 Å². The van der Waals surface area contributed by atoms with E-state index in [0.717, 1.165) is 0 Å². The van der Waals surface area contributed by atoms with Crippen LogP contribution in [-0.2, 0) is 19.9 Å². The molecule has 19 heavy (non-hydrogen) atoms. The highest BCUT2D eigenvalue weighted by Crippen LogP contribution is 2.24. The van der Waals surface area contributed by atoms with E-state index in [1.807, 2.05) is 0 Å². The number of nitrogens with one attached hydrogen (secondary N) is 1. The summed E-state index contributed by atoms with van der Waals surface area (Å²) in [7, 11) is -6.72. The van der Waals surface area contributed by atoms with Crippen LogP contribution in [0, 0.1) is 0 Å². The molecule has 0 unspecified atom stereocenters. The van der Waals surface area contributed by atoms with Gasteiger partial charge in [-0.2, -0.15) is 0 Å². The Balaban J connectivity index is 2.14. The Kier molecular flexibility index (Phi) is 3.68. The van der Waals surface area contributed by atoms with Crippen LogP contribution < -0.4 is 10.5 Å². The van der Waals surface area contributed by atoms with Crippen molar-refractivity contribution in [2.75, 3.05) is 22.0 Å². The molecule has 2 heterocycles. The van der Waals surface area contributed by atoms with Gasteiger partial charge in [-0.1, -0.05) is 0 Å². The molecule has 7 nitrogen and oxygen atoms in total. The molecule has 0 aliphatic carbocycles. The molecule has 0 aromatic carbocycles. The van der Waals surface area contributed by atoms with E-state index in [9.17, 15) is 16.8 Å². The van der Waals surface area contributed by atoms with Gasteiger partial charge in [0.25, 0.3) is 0 Å². The van der Waals surface area contributed by atoms with Gasteiger partial charge in [-0.25, -0.2) is 16.8 Å². The van der Waals surface area contributed by atoms with Crippen LogP contribution in [0.1, 0.15) is 12.8 Å². The molecule has 106 valence electrons.